The Morgan fingerprint density at radius 1 is 1.33 bits per heavy atom. The Labute approximate surface area is 160 Å². The van der Waals surface area contributed by atoms with Crippen molar-refractivity contribution in [2.45, 2.75) is 51.3 Å². The van der Waals surface area contributed by atoms with Crippen LogP contribution in [0.4, 0.5) is 0 Å². The number of aliphatic imine (C=N–C) groups is 2. The molecule has 0 spiro atoms. The first-order valence-corrected chi connectivity index (χ1v) is 9.77. The fourth-order valence-electron chi connectivity index (χ4n) is 4.03. The molecular weight excluding hydrogens is 338 g/mol. The van der Waals surface area contributed by atoms with Gasteiger partial charge in [-0.1, -0.05) is 12.5 Å². The van der Waals surface area contributed by atoms with Gasteiger partial charge in [-0.3, -0.25) is 14.9 Å². The molecule has 1 aliphatic carbocycles. The highest BCUT2D eigenvalue weighted by molar-refractivity contribution is 5.77. The molecule has 1 atom stereocenters. The normalized spacial score (nSPS) is 20.4. The minimum absolute atomic E-state index is 0.435. The average Bonchev–Trinajstić information content (AvgIpc) is 2.87. The van der Waals surface area contributed by atoms with Gasteiger partial charge in [-0.15, -0.1) is 0 Å². The van der Waals surface area contributed by atoms with E-state index < -0.39 is 6.10 Å². The van der Waals surface area contributed by atoms with Crippen LogP contribution in [0.1, 0.15) is 43.7 Å². The second-order valence-corrected chi connectivity index (χ2v) is 7.32. The zero-order valence-electron chi connectivity index (χ0n) is 15.9. The van der Waals surface area contributed by atoms with Crippen molar-refractivity contribution in [1.29, 1.82) is 0 Å². The topological polar surface area (TPSA) is 66.0 Å². The second-order valence-electron chi connectivity index (χ2n) is 7.32. The number of fused-ring (bicyclic) bond motifs is 3. The van der Waals surface area contributed by atoms with Gasteiger partial charge >= 0.3 is 0 Å². The minimum atomic E-state index is -0.855. The summed E-state index contributed by atoms with van der Waals surface area (Å²) in [6.07, 6.45) is 7.39. The van der Waals surface area contributed by atoms with Crippen LogP contribution in [-0.4, -0.2) is 51.6 Å². The highest BCUT2D eigenvalue weighted by atomic mass is 16.3. The van der Waals surface area contributed by atoms with Gasteiger partial charge in [-0.2, -0.15) is 0 Å². The summed E-state index contributed by atoms with van der Waals surface area (Å²) in [5.74, 6) is 1.15. The van der Waals surface area contributed by atoms with Gasteiger partial charge < -0.3 is 9.67 Å². The molecule has 2 aliphatic rings. The van der Waals surface area contributed by atoms with Crippen molar-refractivity contribution in [2.24, 2.45) is 9.98 Å². The lowest BCUT2D eigenvalue weighted by Crippen LogP contribution is -2.41. The highest BCUT2D eigenvalue weighted by Gasteiger charge is 2.27. The second kappa shape index (κ2) is 7.74. The van der Waals surface area contributed by atoms with Crippen LogP contribution in [0.25, 0.3) is 11.0 Å². The summed E-state index contributed by atoms with van der Waals surface area (Å²) in [6.45, 7) is 8.53. The van der Waals surface area contributed by atoms with Crippen LogP contribution in [0, 0.1) is 0 Å². The van der Waals surface area contributed by atoms with Gasteiger partial charge in [0.1, 0.15) is 11.9 Å². The summed E-state index contributed by atoms with van der Waals surface area (Å²) in [7, 11) is 0. The van der Waals surface area contributed by atoms with E-state index in [4.69, 9.17) is 4.98 Å². The lowest BCUT2D eigenvalue weighted by Gasteiger charge is -2.36. The Kier molecular flexibility index (Phi) is 5.18. The number of aromatic nitrogens is 2. The standard InChI is InChI=1S/C21H27N5O/c1-3-23-14-18(22-2)21(27)15-7-8-19-17(13-15)24-20-9-10-25(11-12-26(19)20)16-5-4-6-16/h3,7-8,13-14,16,21,27H,2,4-6,9-12H2,1H3/b18-14-,23-3?. The number of aliphatic hydroxyl groups is 1. The van der Waals surface area contributed by atoms with E-state index in [1.54, 1.807) is 12.4 Å². The van der Waals surface area contributed by atoms with Gasteiger partial charge in [0.05, 0.1) is 22.9 Å². The quantitative estimate of drug-likeness (QED) is 0.828. The van der Waals surface area contributed by atoms with Crippen molar-refractivity contribution in [1.82, 2.24) is 14.5 Å². The first kappa shape index (κ1) is 18.1. The summed E-state index contributed by atoms with van der Waals surface area (Å²) in [5.41, 5.74) is 3.27. The molecule has 2 aromatic rings. The van der Waals surface area contributed by atoms with Gasteiger partial charge in [0.2, 0.25) is 0 Å². The van der Waals surface area contributed by atoms with E-state index in [9.17, 15) is 5.11 Å². The fourth-order valence-corrected chi connectivity index (χ4v) is 4.03. The lowest BCUT2D eigenvalue weighted by molar-refractivity contribution is 0.130. The van der Waals surface area contributed by atoms with E-state index in [1.165, 1.54) is 19.3 Å². The Bertz CT molecular complexity index is 893. The van der Waals surface area contributed by atoms with Crippen LogP contribution in [0.5, 0.6) is 0 Å². The van der Waals surface area contributed by atoms with Crippen LogP contribution in [-0.2, 0) is 13.0 Å². The molecule has 142 valence electrons. The monoisotopic (exact) mass is 365 g/mol. The van der Waals surface area contributed by atoms with E-state index in [2.05, 4.69) is 32.2 Å². The third kappa shape index (κ3) is 3.47. The average molecular weight is 365 g/mol. The maximum atomic E-state index is 10.6. The molecule has 4 rings (SSSR count). The van der Waals surface area contributed by atoms with E-state index in [-0.39, 0.29) is 0 Å². The van der Waals surface area contributed by atoms with E-state index >= 15 is 0 Å². The number of nitrogens with zero attached hydrogens (tertiary/aromatic N) is 5. The van der Waals surface area contributed by atoms with E-state index in [0.717, 1.165) is 54.5 Å². The van der Waals surface area contributed by atoms with Gasteiger partial charge in [-0.05, 0) is 44.2 Å². The molecule has 27 heavy (non-hydrogen) atoms. The molecule has 0 amide bonds. The number of rotatable bonds is 5. The zero-order chi connectivity index (χ0) is 18.8. The molecule has 0 radical (unpaired) electrons. The van der Waals surface area contributed by atoms with Crippen molar-refractivity contribution in [3.05, 3.63) is 41.5 Å². The summed E-state index contributed by atoms with van der Waals surface area (Å²) < 4.78 is 2.34. The summed E-state index contributed by atoms with van der Waals surface area (Å²) >= 11 is 0. The number of hydrogen-bond donors (Lipinski definition) is 1. The Morgan fingerprint density at radius 2 is 2.19 bits per heavy atom. The first-order chi connectivity index (χ1) is 13.2. The molecule has 6 heteroatoms. The Morgan fingerprint density at radius 3 is 2.89 bits per heavy atom. The molecular formula is C21H27N5O. The molecule has 1 aromatic carbocycles. The molecule has 1 saturated carbocycles. The predicted octanol–water partition coefficient (Wildman–Crippen LogP) is 3.11. The summed E-state index contributed by atoms with van der Waals surface area (Å²) in [5, 5.41) is 10.6. The smallest absolute Gasteiger partial charge is 0.123 e. The third-order valence-electron chi connectivity index (χ3n) is 5.81. The van der Waals surface area contributed by atoms with Crippen molar-refractivity contribution in [3.8, 4) is 0 Å². The Hall–Kier alpha value is -2.31. The molecule has 1 unspecified atom stereocenters. The number of aliphatic hydroxyl groups excluding tert-OH is 1. The molecule has 1 aliphatic heterocycles. The highest BCUT2D eigenvalue weighted by Crippen LogP contribution is 2.29. The molecule has 1 aromatic heterocycles. The zero-order valence-corrected chi connectivity index (χ0v) is 15.9. The molecule has 0 saturated heterocycles. The van der Waals surface area contributed by atoms with Crippen molar-refractivity contribution >= 4 is 24.0 Å². The Balaban J connectivity index is 1.59. The first-order valence-electron chi connectivity index (χ1n) is 9.77. The third-order valence-corrected chi connectivity index (χ3v) is 5.81. The summed E-state index contributed by atoms with van der Waals surface area (Å²) in [6, 6.07) is 6.75. The van der Waals surface area contributed by atoms with Crippen LogP contribution < -0.4 is 0 Å². The van der Waals surface area contributed by atoms with Gasteiger partial charge in [0.25, 0.3) is 0 Å². The van der Waals surface area contributed by atoms with Gasteiger partial charge in [0.15, 0.2) is 0 Å². The van der Waals surface area contributed by atoms with Crippen LogP contribution >= 0.6 is 0 Å². The number of benzene rings is 1. The van der Waals surface area contributed by atoms with E-state index in [0.29, 0.717) is 5.70 Å². The molecule has 2 heterocycles. The van der Waals surface area contributed by atoms with Crippen LogP contribution in [0.15, 0.2) is 40.1 Å². The molecule has 1 N–H and O–H groups in total. The summed E-state index contributed by atoms with van der Waals surface area (Å²) in [4.78, 5) is 15.5. The largest absolute Gasteiger partial charge is 0.382 e. The SMILES string of the molecule is C=N/C(=C\N=CC)C(O)c1ccc2c(c1)nc1n2CCN(C2CCC2)CC1. The number of hydrogen-bond acceptors (Lipinski definition) is 5. The lowest BCUT2D eigenvalue weighted by atomic mass is 9.91. The van der Waals surface area contributed by atoms with Crippen molar-refractivity contribution in [2.75, 3.05) is 13.1 Å². The van der Waals surface area contributed by atoms with E-state index in [1.807, 2.05) is 19.1 Å². The van der Waals surface area contributed by atoms with Crippen molar-refractivity contribution < 1.29 is 5.11 Å². The van der Waals surface area contributed by atoms with Gasteiger partial charge in [0, 0.05) is 38.3 Å². The fraction of sp³-hybridized carbons (Fsp3) is 0.476. The predicted molar refractivity (Wildman–Crippen MR) is 109 cm³/mol. The van der Waals surface area contributed by atoms with Crippen LogP contribution in [0.3, 0.4) is 0 Å². The number of imidazole rings is 1. The van der Waals surface area contributed by atoms with Crippen LogP contribution in [0.2, 0.25) is 0 Å². The molecule has 6 nitrogen and oxygen atoms in total. The molecule has 0 bridgehead atoms. The van der Waals surface area contributed by atoms with Crippen molar-refractivity contribution in [3.63, 3.8) is 0 Å². The minimum Gasteiger partial charge on any atom is -0.382 e. The maximum absolute atomic E-state index is 10.6. The maximum Gasteiger partial charge on any atom is 0.123 e. The van der Waals surface area contributed by atoms with Gasteiger partial charge in [-0.25, -0.2) is 4.98 Å². The molecule has 1 fully saturated rings.